The number of aromatic nitrogens is 2. The molecule has 4 nitrogen and oxygen atoms in total. The molecular formula is C14H11Br2N3O. The zero-order chi connectivity index (χ0) is 14.1. The van der Waals surface area contributed by atoms with Gasteiger partial charge < -0.3 is 10.2 Å². The second-order valence-corrected chi connectivity index (χ2v) is 6.04. The molecule has 0 saturated heterocycles. The van der Waals surface area contributed by atoms with E-state index >= 15 is 0 Å². The Morgan fingerprint density at radius 2 is 1.85 bits per heavy atom. The minimum Gasteiger partial charge on any atom is -0.448 e. The van der Waals surface area contributed by atoms with Crippen LogP contribution in [-0.2, 0) is 6.54 Å². The monoisotopic (exact) mass is 395 g/mol. The van der Waals surface area contributed by atoms with Crippen LogP contribution < -0.4 is 5.73 Å². The van der Waals surface area contributed by atoms with Gasteiger partial charge in [0.15, 0.2) is 10.4 Å². The average molecular weight is 397 g/mol. The van der Waals surface area contributed by atoms with Gasteiger partial charge in [-0.2, -0.15) is 5.10 Å². The second-order valence-electron chi connectivity index (χ2n) is 4.34. The summed E-state index contributed by atoms with van der Waals surface area (Å²) in [6.07, 6.45) is 0. The molecule has 0 atom stereocenters. The van der Waals surface area contributed by atoms with Crippen LogP contribution in [0.15, 0.2) is 56.0 Å². The van der Waals surface area contributed by atoms with Gasteiger partial charge in [-0.1, -0.05) is 28.1 Å². The van der Waals surface area contributed by atoms with Gasteiger partial charge in [0.1, 0.15) is 11.5 Å². The van der Waals surface area contributed by atoms with Crippen molar-refractivity contribution >= 4 is 37.7 Å². The molecule has 0 saturated carbocycles. The van der Waals surface area contributed by atoms with Crippen molar-refractivity contribution < 1.29 is 4.42 Å². The Balaban J connectivity index is 1.87. The van der Waals surface area contributed by atoms with Gasteiger partial charge in [-0.25, -0.2) is 4.68 Å². The lowest BCUT2D eigenvalue weighted by Crippen LogP contribution is -2.05. The summed E-state index contributed by atoms with van der Waals surface area (Å²) in [4.78, 5) is 0. The molecule has 20 heavy (non-hydrogen) atoms. The van der Waals surface area contributed by atoms with Gasteiger partial charge >= 0.3 is 0 Å². The largest absolute Gasteiger partial charge is 0.448 e. The zero-order valence-electron chi connectivity index (χ0n) is 10.4. The highest BCUT2D eigenvalue weighted by molar-refractivity contribution is 9.10. The van der Waals surface area contributed by atoms with Crippen molar-refractivity contribution in [1.82, 2.24) is 9.78 Å². The molecule has 0 aliphatic heterocycles. The molecule has 2 aromatic heterocycles. The van der Waals surface area contributed by atoms with E-state index in [9.17, 15) is 0 Å². The van der Waals surface area contributed by atoms with Crippen LogP contribution >= 0.6 is 31.9 Å². The number of benzene rings is 1. The van der Waals surface area contributed by atoms with Crippen LogP contribution in [0.3, 0.4) is 0 Å². The summed E-state index contributed by atoms with van der Waals surface area (Å²) in [5, 5.41) is 4.48. The van der Waals surface area contributed by atoms with Gasteiger partial charge in [-0.3, -0.25) is 0 Å². The van der Waals surface area contributed by atoms with Crippen molar-refractivity contribution in [3.63, 3.8) is 0 Å². The summed E-state index contributed by atoms with van der Waals surface area (Å²) in [5.74, 6) is 1.30. The van der Waals surface area contributed by atoms with Gasteiger partial charge in [0.25, 0.3) is 0 Å². The molecule has 2 heterocycles. The lowest BCUT2D eigenvalue weighted by Gasteiger charge is -2.04. The highest BCUT2D eigenvalue weighted by atomic mass is 79.9. The van der Waals surface area contributed by atoms with Crippen molar-refractivity contribution in [2.24, 2.45) is 0 Å². The van der Waals surface area contributed by atoms with E-state index in [2.05, 4.69) is 37.0 Å². The van der Waals surface area contributed by atoms with E-state index in [0.717, 1.165) is 15.7 Å². The summed E-state index contributed by atoms with van der Waals surface area (Å²) in [7, 11) is 0. The number of anilines is 1. The van der Waals surface area contributed by atoms with E-state index in [-0.39, 0.29) is 0 Å². The van der Waals surface area contributed by atoms with Gasteiger partial charge in [-0.05, 0) is 45.8 Å². The van der Waals surface area contributed by atoms with E-state index in [4.69, 9.17) is 10.2 Å². The fraction of sp³-hybridized carbons (Fsp3) is 0.0714. The van der Waals surface area contributed by atoms with Crippen molar-refractivity contribution in [2.75, 3.05) is 5.73 Å². The lowest BCUT2D eigenvalue weighted by molar-refractivity contribution is 0.551. The molecule has 0 aliphatic carbocycles. The Hall–Kier alpha value is -1.53. The third-order valence-electron chi connectivity index (χ3n) is 2.88. The summed E-state index contributed by atoms with van der Waals surface area (Å²) in [6.45, 7) is 0.626. The third-order valence-corrected chi connectivity index (χ3v) is 3.84. The van der Waals surface area contributed by atoms with Crippen LogP contribution in [0.4, 0.5) is 5.82 Å². The maximum Gasteiger partial charge on any atom is 0.169 e. The van der Waals surface area contributed by atoms with E-state index in [1.54, 1.807) is 4.68 Å². The Kier molecular flexibility index (Phi) is 3.67. The average Bonchev–Trinajstić information content (AvgIpc) is 3.00. The first-order valence-electron chi connectivity index (χ1n) is 5.95. The van der Waals surface area contributed by atoms with Crippen LogP contribution in [0.2, 0.25) is 0 Å². The molecule has 0 unspecified atom stereocenters. The fourth-order valence-corrected chi connectivity index (χ4v) is 2.46. The normalized spacial score (nSPS) is 10.9. The summed E-state index contributed by atoms with van der Waals surface area (Å²) < 4.78 is 8.97. The molecule has 3 aromatic rings. The smallest absolute Gasteiger partial charge is 0.169 e. The van der Waals surface area contributed by atoms with Crippen molar-refractivity contribution in [3.8, 4) is 11.5 Å². The predicted molar refractivity (Wildman–Crippen MR) is 85.3 cm³/mol. The van der Waals surface area contributed by atoms with Crippen LogP contribution in [0, 0.1) is 0 Å². The van der Waals surface area contributed by atoms with Crippen molar-refractivity contribution in [1.29, 1.82) is 0 Å². The number of nitrogens with zero attached hydrogens (tertiary/aromatic N) is 2. The fourth-order valence-electron chi connectivity index (χ4n) is 1.89. The summed E-state index contributed by atoms with van der Waals surface area (Å²) in [5.41, 5.74) is 7.86. The quantitative estimate of drug-likeness (QED) is 0.717. The van der Waals surface area contributed by atoms with Crippen molar-refractivity contribution in [2.45, 2.75) is 6.54 Å². The number of nitrogen functional groups attached to an aromatic ring is 1. The molecule has 3 rings (SSSR count). The molecule has 102 valence electrons. The highest BCUT2D eigenvalue weighted by Crippen LogP contribution is 2.25. The summed E-state index contributed by atoms with van der Waals surface area (Å²) >= 11 is 6.70. The molecule has 2 N–H and O–H groups in total. The van der Waals surface area contributed by atoms with E-state index in [1.807, 2.05) is 42.5 Å². The molecule has 0 bridgehead atoms. The minimum absolute atomic E-state index is 0.607. The minimum atomic E-state index is 0.607. The first kappa shape index (κ1) is 13.5. The second kappa shape index (κ2) is 5.46. The maximum atomic E-state index is 6.00. The number of hydrogen-bond acceptors (Lipinski definition) is 3. The number of rotatable bonds is 3. The van der Waals surface area contributed by atoms with Gasteiger partial charge in [0.2, 0.25) is 0 Å². The molecule has 1 aromatic carbocycles. The highest BCUT2D eigenvalue weighted by Gasteiger charge is 2.10. The predicted octanol–water partition coefficient (Wildman–Crippen LogP) is 4.30. The third kappa shape index (κ3) is 2.81. The molecule has 6 heteroatoms. The first-order chi connectivity index (χ1) is 9.61. The van der Waals surface area contributed by atoms with Gasteiger partial charge in [0.05, 0.1) is 6.54 Å². The van der Waals surface area contributed by atoms with Gasteiger partial charge in [0, 0.05) is 10.5 Å². The van der Waals surface area contributed by atoms with Gasteiger partial charge in [-0.15, -0.1) is 0 Å². The Morgan fingerprint density at radius 1 is 1.10 bits per heavy atom. The molecule has 0 fully saturated rings. The molecule has 0 radical (unpaired) electrons. The van der Waals surface area contributed by atoms with Crippen LogP contribution in [0.25, 0.3) is 11.5 Å². The number of halogens is 2. The molecule has 0 aliphatic rings. The number of furan rings is 1. The Labute approximate surface area is 132 Å². The molecular weight excluding hydrogens is 386 g/mol. The molecule has 0 amide bonds. The number of nitrogens with two attached hydrogens (primary N) is 1. The lowest BCUT2D eigenvalue weighted by atomic mass is 10.2. The number of hydrogen-bond donors (Lipinski definition) is 1. The van der Waals surface area contributed by atoms with Crippen LogP contribution in [-0.4, -0.2) is 9.78 Å². The maximum absolute atomic E-state index is 6.00. The zero-order valence-corrected chi connectivity index (χ0v) is 13.6. The van der Waals surface area contributed by atoms with E-state index in [0.29, 0.717) is 22.8 Å². The Morgan fingerprint density at radius 3 is 2.50 bits per heavy atom. The van der Waals surface area contributed by atoms with Crippen LogP contribution in [0.1, 0.15) is 5.56 Å². The SMILES string of the molecule is Nc1cc(-c2ccc(Br)o2)nn1Cc1ccc(Br)cc1. The van der Waals surface area contributed by atoms with E-state index in [1.165, 1.54) is 0 Å². The standard InChI is InChI=1S/C14H11Br2N3O/c15-10-3-1-9(2-4-10)8-19-14(17)7-11(18-19)12-5-6-13(16)20-12/h1-7H,8,17H2. The molecule has 0 spiro atoms. The Bertz CT molecular complexity index is 731. The summed E-state index contributed by atoms with van der Waals surface area (Å²) in [6, 6.07) is 13.6. The van der Waals surface area contributed by atoms with Crippen LogP contribution in [0.5, 0.6) is 0 Å². The first-order valence-corrected chi connectivity index (χ1v) is 7.54. The van der Waals surface area contributed by atoms with E-state index < -0.39 is 0 Å². The topological polar surface area (TPSA) is 57.0 Å². The van der Waals surface area contributed by atoms with Crippen molar-refractivity contribution in [3.05, 3.63) is 57.2 Å².